The average Bonchev–Trinajstić information content (AvgIpc) is 3.51. The van der Waals surface area contributed by atoms with Crippen molar-refractivity contribution >= 4 is 23.5 Å². The second-order valence-corrected chi connectivity index (χ2v) is 8.40. The molecule has 1 aromatic heterocycles. The molecule has 1 saturated heterocycles. The van der Waals surface area contributed by atoms with Gasteiger partial charge in [-0.05, 0) is 55.9 Å². The van der Waals surface area contributed by atoms with Crippen LogP contribution in [0.2, 0.25) is 0 Å². The lowest BCUT2D eigenvalue weighted by atomic mass is 9.85. The van der Waals surface area contributed by atoms with Crippen molar-refractivity contribution in [3.63, 3.8) is 0 Å². The Balaban J connectivity index is 1.52. The molecule has 3 N–H and O–H groups in total. The van der Waals surface area contributed by atoms with E-state index in [1.165, 1.54) is 30.5 Å². The van der Waals surface area contributed by atoms with Gasteiger partial charge in [0.25, 0.3) is 5.91 Å². The number of benzene rings is 1. The van der Waals surface area contributed by atoms with Gasteiger partial charge in [0, 0.05) is 25.0 Å². The maximum atomic E-state index is 13.2. The van der Waals surface area contributed by atoms with Crippen LogP contribution in [0.15, 0.2) is 30.5 Å². The fourth-order valence-corrected chi connectivity index (χ4v) is 3.86. The third-order valence-electron chi connectivity index (χ3n) is 6.07. The number of carbonyl (C=O) groups excluding carboxylic acids is 2. The molecule has 1 aliphatic carbocycles. The quantitative estimate of drug-likeness (QED) is 0.681. The van der Waals surface area contributed by atoms with Gasteiger partial charge in [-0.3, -0.25) is 9.48 Å². The molecular weight excluding hydrogens is 415 g/mol. The molecule has 2 amide bonds. The van der Waals surface area contributed by atoms with Gasteiger partial charge >= 0.3 is 6.09 Å². The number of anilines is 2. The van der Waals surface area contributed by atoms with Crippen molar-refractivity contribution < 1.29 is 18.7 Å². The number of primary amides is 1. The van der Waals surface area contributed by atoms with Gasteiger partial charge < -0.3 is 20.7 Å². The van der Waals surface area contributed by atoms with Gasteiger partial charge in [0.05, 0.1) is 24.6 Å². The van der Waals surface area contributed by atoms with Crippen molar-refractivity contribution in [3.05, 3.63) is 41.8 Å². The van der Waals surface area contributed by atoms with E-state index in [2.05, 4.69) is 16.5 Å². The van der Waals surface area contributed by atoms with E-state index in [4.69, 9.17) is 10.5 Å². The molecule has 32 heavy (non-hydrogen) atoms. The number of halogens is 1. The van der Waals surface area contributed by atoms with Crippen molar-refractivity contribution in [3.8, 4) is 6.07 Å². The minimum atomic E-state index is -0.686. The Bertz CT molecular complexity index is 1030. The number of aromatic nitrogens is 2. The van der Waals surface area contributed by atoms with E-state index in [0.717, 1.165) is 12.8 Å². The summed E-state index contributed by atoms with van der Waals surface area (Å²) in [4.78, 5) is 26.0. The molecule has 2 aliphatic rings. The first-order valence-corrected chi connectivity index (χ1v) is 10.6. The fourth-order valence-electron chi connectivity index (χ4n) is 3.86. The molecule has 1 aliphatic heterocycles. The van der Waals surface area contributed by atoms with Crippen LogP contribution in [0.3, 0.4) is 0 Å². The summed E-state index contributed by atoms with van der Waals surface area (Å²) >= 11 is 0. The number of rotatable bonds is 7. The molecule has 10 heteroatoms. The van der Waals surface area contributed by atoms with Crippen LogP contribution in [0.4, 0.5) is 20.7 Å². The van der Waals surface area contributed by atoms with Crippen molar-refractivity contribution in [1.82, 2.24) is 14.7 Å². The summed E-state index contributed by atoms with van der Waals surface area (Å²) < 4.78 is 20.2. The number of nitriles is 1. The molecule has 2 aromatic rings. The highest BCUT2D eigenvalue weighted by Crippen LogP contribution is 2.35. The first kappa shape index (κ1) is 21.6. The summed E-state index contributed by atoms with van der Waals surface area (Å²) in [5, 5.41) is 17.0. The van der Waals surface area contributed by atoms with Crippen molar-refractivity contribution in [2.75, 3.05) is 25.0 Å². The maximum Gasteiger partial charge on any atom is 0.409 e. The molecule has 0 spiro atoms. The number of hydrogen-bond donors (Lipinski definition) is 2. The number of nitrogens with two attached hydrogens (primary N) is 1. The number of piperidine rings is 1. The molecular formula is C22H25FN6O3. The van der Waals surface area contributed by atoms with Crippen LogP contribution in [0.1, 0.15) is 42.5 Å². The van der Waals surface area contributed by atoms with E-state index >= 15 is 0 Å². The van der Waals surface area contributed by atoms with E-state index in [0.29, 0.717) is 44.1 Å². The first-order valence-electron chi connectivity index (χ1n) is 10.6. The van der Waals surface area contributed by atoms with Crippen molar-refractivity contribution in [2.45, 2.75) is 37.6 Å². The van der Waals surface area contributed by atoms with Gasteiger partial charge in [0.2, 0.25) is 0 Å². The second kappa shape index (κ2) is 8.86. The van der Waals surface area contributed by atoms with Crippen molar-refractivity contribution in [1.29, 1.82) is 5.26 Å². The van der Waals surface area contributed by atoms with Gasteiger partial charge in [0.15, 0.2) is 5.82 Å². The molecule has 0 atom stereocenters. The van der Waals surface area contributed by atoms with Gasteiger partial charge in [-0.2, -0.15) is 10.4 Å². The number of likely N-dealkylation sites (tertiary alicyclic amines) is 1. The number of ether oxygens (including phenoxy) is 1. The Morgan fingerprint density at radius 2 is 1.97 bits per heavy atom. The van der Waals surface area contributed by atoms with Gasteiger partial charge in [-0.25, -0.2) is 9.18 Å². The van der Waals surface area contributed by atoms with Gasteiger partial charge in [-0.15, -0.1) is 0 Å². The van der Waals surface area contributed by atoms with E-state index in [1.807, 2.05) is 0 Å². The Kier molecular flexibility index (Phi) is 5.99. The van der Waals surface area contributed by atoms with Crippen LogP contribution in [0.5, 0.6) is 0 Å². The largest absolute Gasteiger partial charge is 0.449 e. The molecule has 168 valence electrons. The molecule has 2 heterocycles. The summed E-state index contributed by atoms with van der Waals surface area (Å²) in [6, 6.07) is 7.84. The topological polar surface area (TPSA) is 126 Å². The highest BCUT2D eigenvalue weighted by atomic mass is 19.1. The number of nitrogens with zero attached hydrogens (tertiary/aromatic N) is 4. The third-order valence-corrected chi connectivity index (χ3v) is 6.07. The summed E-state index contributed by atoms with van der Waals surface area (Å²) in [5.41, 5.74) is 5.57. The third kappa shape index (κ3) is 4.66. The highest BCUT2D eigenvalue weighted by molar-refractivity contribution is 5.98. The van der Waals surface area contributed by atoms with Crippen LogP contribution in [0, 0.1) is 23.1 Å². The molecule has 9 nitrogen and oxygen atoms in total. The number of carbonyl (C=O) groups is 2. The van der Waals surface area contributed by atoms with E-state index in [9.17, 15) is 19.2 Å². The summed E-state index contributed by atoms with van der Waals surface area (Å²) in [7, 11) is 0. The minimum Gasteiger partial charge on any atom is -0.449 e. The monoisotopic (exact) mass is 440 g/mol. The molecule has 1 saturated carbocycles. The standard InChI is InChI=1S/C22H25FN6O3/c23-16-3-5-17(6-4-16)26-20-18(19(25)30)13-29(27-20)22(7-10-24)8-11-28(12-9-22)21(31)32-14-15-1-2-15/h3-6,13,15H,1-2,7-9,11-12,14H2,(H2,25,30)(H,26,27). The van der Waals surface area contributed by atoms with Crippen LogP contribution in [0.25, 0.3) is 0 Å². The van der Waals surface area contributed by atoms with Crippen molar-refractivity contribution in [2.24, 2.45) is 11.7 Å². The van der Waals surface area contributed by atoms with E-state index in [1.54, 1.807) is 9.58 Å². The summed E-state index contributed by atoms with van der Waals surface area (Å²) in [5.74, 6) is -0.335. The predicted octanol–water partition coefficient (Wildman–Crippen LogP) is 3.12. The lowest BCUT2D eigenvalue weighted by Crippen LogP contribution is -2.48. The molecule has 2 fully saturated rings. The van der Waals surface area contributed by atoms with Crippen LogP contribution < -0.4 is 11.1 Å². The summed E-state index contributed by atoms with van der Waals surface area (Å²) in [6.45, 7) is 1.29. The smallest absolute Gasteiger partial charge is 0.409 e. The SMILES string of the molecule is N#CCC1(n2cc(C(N)=O)c(Nc3ccc(F)cc3)n2)CCN(C(=O)OCC2CC2)CC1. The Morgan fingerprint density at radius 3 is 2.56 bits per heavy atom. The van der Waals surface area contributed by atoms with Crippen LogP contribution >= 0.6 is 0 Å². The highest BCUT2D eigenvalue weighted by Gasteiger charge is 2.40. The van der Waals surface area contributed by atoms with E-state index in [-0.39, 0.29) is 29.7 Å². The fraction of sp³-hybridized carbons (Fsp3) is 0.455. The zero-order chi connectivity index (χ0) is 22.7. The van der Waals surface area contributed by atoms with Crippen LogP contribution in [-0.4, -0.2) is 46.4 Å². The number of nitrogens with one attached hydrogen (secondary N) is 1. The Labute approximate surface area is 184 Å². The molecule has 1 aromatic carbocycles. The average molecular weight is 440 g/mol. The maximum absolute atomic E-state index is 13.2. The molecule has 0 unspecified atom stereocenters. The Hall–Kier alpha value is -3.61. The molecule has 0 radical (unpaired) electrons. The zero-order valence-corrected chi connectivity index (χ0v) is 17.6. The lowest BCUT2D eigenvalue weighted by Gasteiger charge is -2.40. The zero-order valence-electron chi connectivity index (χ0n) is 17.6. The molecule has 4 rings (SSSR count). The van der Waals surface area contributed by atoms with Crippen LogP contribution in [-0.2, 0) is 10.3 Å². The number of hydrogen-bond acceptors (Lipinski definition) is 6. The summed E-state index contributed by atoms with van der Waals surface area (Å²) in [6.07, 6.45) is 4.53. The predicted molar refractivity (Wildman–Crippen MR) is 114 cm³/mol. The number of amides is 2. The first-order chi connectivity index (χ1) is 15.4. The normalized spacial score (nSPS) is 17.4. The molecule has 0 bridgehead atoms. The Morgan fingerprint density at radius 1 is 1.28 bits per heavy atom. The minimum absolute atomic E-state index is 0.161. The lowest BCUT2D eigenvalue weighted by molar-refractivity contribution is 0.0631. The second-order valence-electron chi connectivity index (χ2n) is 8.40. The van der Waals surface area contributed by atoms with Gasteiger partial charge in [-0.1, -0.05) is 0 Å². The van der Waals surface area contributed by atoms with E-state index < -0.39 is 11.4 Å². The van der Waals surface area contributed by atoms with Gasteiger partial charge in [0.1, 0.15) is 11.4 Å².